The van der Waals surface area contributed by atoms with Crippen molar-refractivity contribution < 1.29 is 26.4 Å². The summed E-state index contributed by atoms with van der Waals surface area (Å²) in [5.41, 5.74) is 0.510. The standard InChI is InChI=1S/C22H17F3N2O3S2/c23-22(24,25)16-9-11-18(12-10-16)27-20(28)14-31-21(27)15-5-4-6-17(13-15)26-32(29,30)19-7-2-1-3-8-19/h1-13,21,26H,14H2. The fourth-order valence-corrected chi connectivity index (χ4v) is 5.57. The van der Waals surface area contributed by atoms with Gasteiger partial charge in [0.2, 0.25) is 5.91 Å². The molecule has 1 heterocycles. The van der Waals surface area contributed by atoms with Gasteiger partial charge in [-0.2, -0.15) is 13.2 Å². The number of rotatable bonds is 5. The van der Waals surface area contributed by atoms with Crippen LogP contribution >= 0.6 is 11.8 Å². The van der Waals surface area contributed by atoms with E-state index < -0.39 is 27.1 Å². The lowest BCUT2D eigenvalue weighted by Crippen LogP contribution is -2.28. The van der Waals surface area contributed by atoms with Crippen LogP contribution in [0.4, 0.5) is 24.5 Å². The van der Waals surface area contributed by atoms with Crippen LogP contribution in [0.1, 0.15) is 16.5 Å². The van der Waals surface area contributed by atoms with Crippen molar-refractivity contribution in [3.05, 3.63) is 90.0 Å². The largest absolute Gasteiger partial charge is 0.416 e. The predicted octanol–water partition coefficient (Wildman–Crippen LogP) is 5.28. The zero-order chi connectivity index (χ0) is 22.9. The molecule has 0 saturated carbocycles. The summed E-state index contributed by atoms with van der Waals surface area (Å²) in [5, 5.41) is -0.500. The molecule has 1 unspecified atom stereocenters. The van der Waals surface area contributed by atoms with Crippen LogP contribution < -0.4 is 9.62 Å². The van der Waals surface area contributed by atoms with Gasteiger partial charge in [0.1, 0.15) is 5.37 Å². The van der Waals surface area contributed by atoms with Gasteiger partial charge in [0.25, 0.3) is 10.0 Å². The molecule has 1 atom stereocenters. The molecular formula is C22H17F3N2O3S2. The maximum absolute atomic E-state index is 12.9. The number of hydrogen-bond donors (Lipinski definition) is 1. The van der Waals surface area contributed by atoms with Crippen LogP contribution in [-0.4, -0.2) is 20.1 Å². The Morgan fingerprint density at radius 3 is 2.28 bits per heavy atom. The quantitative estimate of drug-likeness (QED) is 0.542. The van der Waals surface area contributed by atoms with E-state index in [0.29, 0.717) is 16.9 Å². The monoisotopic (exact) mass is 478 g/mol. The minimum absolute atomic E-state index is 0.113. The number of nitrogens with zero attached hydrogens (tertiary/aromatic N) is 1. The van der Waals surface area contributed by atoms with Gasteiger partial charge in [-0.05, 0) is 54.1 Å². The fraction of sp³-hybridized carbons (Fsp3) is 0.136. The van der Waals surface area contributed by atoms with Gasteiger partial charge in [-0.1, -0.05) is 30.3 Å². The summed E-state index contributed by atoms with van der Waals surface area (Å²) in [5.74, 6) is -0.0823. The molecule has 0 spiro atoms. The number of sulfonamides is 1. The highest BCUT2D eigenvalue weighted by atomic mass is 32.2. The van der Waals surface area contributed by atoms with Gasteiger partial charge in [-0.15, -0.1) is 11.8 Å². The molecule has 1 aliphatic heterocycles. The molecular weight excluding hydrogens is 461 g/mol. The van der Waals surface area contributed by atoms with Crippen LogP contribution in [0.15, 0.2) is 83.8 Å². The van der Waals surface area contributed by atoms with Crippen LogP contribution in [0.5, 0.6) is 0 Å². The number of hydrogen-bond acceptors (Lipinski definition) is 4. The summed E-state index contributed by atoms with van der Waals surface area (Å²) in [7, 11) is -3.79. The Morgan fingerprint density at radius 1 is 0.938 bits per heavy atom. The van der Waals surface area contributed by atoms with Gasteiger partial charge in [0.15, 0.2) is 0 Å². The van der Waals surface area contributed by atoms with E-state index in [1.807, 2.05) is 0 Å². The van der Waals surface area contributed by atoms with E-state index in [4.69, 9.17) is 0 Å². The van der Waals surface area contributed by atoms with Crippen molar-refractivity contribution in [1.29, 1.82) is 0 Å². The summed E-state index contributed by atoms with van der Waals surface area (Å²) in [6, 6.07) is 18.9. The highest BCUT2D eigenvalue weighted by Gasteiger charge is 2.35. The highest BCUT2D eigenvalue weighted by Crippen LogP contribution is 2.43. The van der Waals surface area contributed by atoms with Crippen LogP contribution in [0, 0.1) is 0 Å². The third-order valence-electron chi connectivity index (χ3n) is 4.82. The summed E-state index contributed by atoms with van der Waals surface area (Å²) < 4.78 is 66.4. The van der Waals surface area contributed by atoms with Crippen molar-refractivity contribution in [3.8, 4) is 0 Å². The molecule has 1 amide bonds. The zero-order valence-corrected chi connectivity index (χ0v) is 18.0. The maximum Gasteiger partial charge on any atom is 0.416 e. The minimum Gasteiger partial charge on any atom is -0.295 e. The van der Waals surface area contributed by atoms with Crippen molar-refractivity contribution in [3.63, 3.8) is 0 Å². The molecule has 0 aliphatic carbocycles. The molecule has 166 valence electrons. The third kappa shape index (κ3) is 4.61. The zero-order valence-electron chi connectivity index (χ0n) is 16.4. The van der Waals surface area contributed by atoms with Crippen LogP contribution in [-0.2, 0) is 21.0 Å². The Bertz CT molecular complexity index is 1230. The number of thioether (sulfide) groups is 1. The van der Waals surface area contributed by atoms with Gasteiger partial charge in [-0.25, -0.2) is 8.42 Å². The van der Waals surface area contributed by atoms with E-state index in [0.717, 1.165) is 12.1 Å². The highest BCUT2D eigenvalue weighted by molar-refractivity contribution is 8.00. The first-order chi connectivity index (χ1) is 15.1. The number of amides is 1. The smallest absolute Gasteiger partial charge is 0.295 e. The molecule has 10 heteroatoms. The number of carbonyl (C=O) groups excluding carboxylic acids is 1. The first-order valence-corrected chi connectivity index (χ1v) is 12.0. The second kappa shape index (κ2) is 8.51. The second-order valence-electron chi connectivity index (χ2n) is 7.02. The molecule has 4 rings (SSSR count). The molecule has 1 saturated heterocycles. The van der Waals surface area contributed by atoms with Gasteiger partial charge in [0, 0.05) is 11.4 Å². The predicted molar refractivity (Wildman–Crippen MR) is 118 cm³/mol. The lowest BCUT2D eigenvalue weighted by atomic mass is 10.1. The Hall–Kier alpha value is -2.98. The third-order valence-corrected chi connectivity index (χ3v) is 7.43. The van der Waals surface area contributed by atoms with Crippen LogP contribution in [0.3, 0.4) is 0 Å². The molecule has 0 bridgehead atoms. The average molecular weight is 479 g/mol. The van der Waals surface area contributed by atoms with E-state index in [1.54, 1.807) is 42.5 Å². The number of carbonyl (C=O) groups is 1. The number of halogens is 3. The topological polar surface area (TPSA) is 66.5 Å². The molecule has 3 aromatic carbocycles. The van der Waals surface area contributed by atoms with Gasteiger partial charge in [0.05, 0.1) is 16.2 Å². The molecule has 1 N–H and O–H groups in total. The first-order valence-electron chi connectivity index (χ1n) is 9.44. The lowest BCUT2D eigenvalue weighted by molar-refractivity contribution is -0.137. The number of benzene rings is 3. The van der Waals surface area contributed by atoms with Crippen molar-refractivity contribution in [2.24, 2.45) is 0 Å². The van der Waals surface area contributed by atoms with Crippen molar-refractivity contribution >= 4 is 39.1 Å². The van der Waals surface area contributed by atoms with E-state index >= 15 is 0 Å². The van der Waals surface area contributed by atoms with E-state index in [9.17, 15) is 26.4 Å². The minimum atomic E-state index is -4.47. The van der Waals surface area contributed by atoms with Gasteiger partial charge < -0.3 is 0 Å². The summed E-state index contributed by atoms with van der Waals surface area (Å²) in [6.45, 7) is 0. The van der Waals surface area contributed by atoms with Crippen molar-refractivity contribution in [2.75, 3.05) is 15.4 Å². The Labute approximate surface area is 187 Å². The molecule has 32 heavy (non-hydrogen) atoms. The molecule has 0 radical (unpaired) electrons. The molecule has 0 aromatic heterocycles. The normalized spacial score (nSPS) is 16.9. The Kier molecular flexibility index (Phi) is 5.91. The number of nitrogens with one attached hydrogen (secondary N) is 1. The molecule has 5 nitrogen and oxygen atoms in total. The fourth-order valence-electron chi connectivity index (χ4n) is 3.33. The number of alkyl halides is 3. The Morgan fingerprint density at radius 2 is 1.62 bits per heavy atom. The first kappa shape index (κ1) is 22.2. The summed E-state index contributed by atoms with van der Waals surface area (Å²) in [6.07, 6.45) is -4.47. The SMILES string of the molecule is O=C1CSC(c2cccc(NS(=O)(=O)c3ccccc3)c2)N1c1ccc(C(F)(F)F)cc1. The van der Waals surface area contributed by atoms with Crippen LogP contribution in [0.25, 0.3) is 0 Å². The van der Waals surface area contributed by atoms with Crippen molar-refractivity contribution in [1.82, 2.24) is 0 Å². The maximum atomic E-state index is 12.9. The van der Waals surface area contributed by atoms with Crippen molar-refractivity contribution in [2.45, 2.75) is 16.4 Å². The summed E-state index contributed by atoms with van der Waals surface area (Å²) in [4.78, 5) is 14.0. The Balaban J connectivity index is 1.61. The van der Waals surface area contributed by atoms with Gasteiger partial charge >= 0.3 is 6.18 Å². The van der Waals surface area contributed by atoms with Gasteiger partial charge in [-0.3, -0.25) is 14.4 Å². The van der Waals surface area contributed by atoms with E-state index in [2.05, 4.69) is 4.72 Å². The molecule has 1 fully saturated rings. The van der Waals surface area contributed by atoms with E-state index in [1.165, 1.54) is 40.9 Å². The summed E-state index contributed by atoms with van der Waals surface area (Å²) >= 11 is 1.32. The van der Waals surface area contributed by atoms with Crippen LogP contribution in [0.2, 0.25) is 0 Å². The number of anilines is 2. The molecule has 3 aromatic rings. The lowest BCUT2D eigenvalue weighted by Gasteiger charge is -2.25. The van der Waals surface area contributed by atoms with E-state index in [-0.39, 0.29) is 16.6 Å². The molecule has 1 aliphatic rings. The average Bonchev–Trinajstić information content (AvgIpc) is 3.15. The second-order valence-corrected chi connectivity index (χ2v) is 9.77.